The number of allylic oxidation sites excluding steroid dienone is 2. The Labute approximate surface area is 217 Å². The quantitative estimate of drug-likeness (QED) is 0.285. The molecule has 200 valence electrons. The van der Waals surface area contributed by atoms with E-state index in [0.717, 1.165) is 12.1 Å². The summed E-state index contributed by atoms with van der Waals surface area (Å²) >= 11 is 0. The second kappa shape index (κ2) is 10.6. The topological polar surface area (TPSA) is 86.7 Å². The number of fused-ring (bicyclic) bond motifs is 1. The Hall–Kier alpha value is -3.75. The first-order valence-electron chi connectivity index (χ1n) is 12.4. The first-order chi connectivity index (χ1) is 18.1. The highest BCUT2D eigenvalue weighted by molar-refractivity contribution is 6.09. The first-order valence-corrected chi connectivity index (χ1v) is 12.4. The van der Waals surface area contributed by atoms with Crippen LogP contribution in [0.4, 0.5) is 13.2 Å². The van der Waals surface area contributed by atoms with E-state index >= 15 is 0 Å². The van der Waals surface area contributed by atoms with E-state index < -0.39 is 58.5 Å². The molecule has 0 aliphatic heterocycles. The van der Waals surface area contributed by atoms with Crippen LogP contribution in [0.2, 0.25) is 0 Å². The van der Waals surface area contributed by atoms with E-state index in [2.05, 4.69) is 0 Å². The summed E-state index contributed by atoms with van der Waals surface area (Å²) in [6.45, 7) is 2.95. The minimum Gasteiger partial charge on any atom is -0.465 e. The fourth-order valence-electron chi connectivity index (χ4n) is 6.00. The van der Waals surface area contributed by atoms with Crippen molar-refractivity contribution in [1.29, 1.82) is 0 Å². The molecule has 0 heterocycles. The van der Waals surface area contributed by atoms with E-state index in [1.54, 1.807) is 50.3 Å². The van der Waals surface area contributed by atoms with Crippen LogP contribution in [-0.4, -0.2) is 37.2 Å². The summed E-state index contributed by atoms with van der Waals surface area (Å²) in [5.41, 5.74) is -2.05. The first kappa shape index (κ1) is 27.3. The second-order valence-electron chi connectivity index (χ2n) is 9.39. The van der Waals surface area contributed by atoms with Crippen LogP contribution in [0.15, 0.2) is 66.2 Å². The van der Waals surface area contributed by atoms with E-state index in [0.29, 0.717) is 17.4 Å². The molecule has 4 rings (SSSR count). The van der Waals surface area contributed by atoms with Crippen molar-refractivity contribution in [2.75, 3.05) is 13.2 Å². The van der Waals surface area contributed by atoms with Gasteiger partial charge in [-0.05, 0) is 54.5 Å². The van der Waals surface area contributed by atoms with Gasteiger partial charge in [0.25, 0.3) is 0 Å². The van der Waals surface area contributed by atoms with E-state index in [4.69, 9.17) is 9.47 Å². The second-order valence-corrected chi connectivity index (χ2v) is 9.39. The van der Waals surface area contributed by atoms with Crippen LogP contribution in [0.1, 0.15) is 48.8 Å². The van der Waals surface area contributed by atoms with Crippen molar-refractivity contribution in [3.63, 3.8) is 0 Å². The van der Waals surface area contributed by atoms with Gasteiger partial charge in [-0.3, -0.25) is 19.2 Å². The van der Waals surface area contributed by atoms with E-state index in [1.807, 2.05) is 0 Å². The molecule has 2 aromatic rings. The number of hydrogen-bond donors (Lipinski definition) is 0. The maximum absolute atomic E-state index is 13.8. The molecule has 0 saturated heterocycles. The van der Waals surface area contributed by atoms with Crippen LogP contribution in [0.25, 0.3) is 0 Å². The Morgan fingerprint density at radius 2 is 1.53 bits per heavy atom. The van der Waals surface area contributed by atoms with Crippen LogP contribution in [0.3, 0.4) is 0 Å². The van der Waals surface area contributed by atoms with E-state index in [1.165, 1.54) is 12.1 Å². The largest absolute Gasteiger partial charge is 0.465 e. The number of Topliss-reactive ketones (excluding diaryl/α,β-unsaturated/α-hetero) is 1. The van der Waals surface area contributed by atoms with Gasteiger partial charge in [0.1, 0.15) is 12.1 Å². The molecule has 0 bridgehead atoms. The van der Waals surface area contributed by atoms with Gasteiger partial charge in [0.15, 0.2) is 5.41 Å². The lowest BCUT2D eigenvalue weighted by atomic mass is 9.54. The Morgan fingerprint density at radius 3 is 2.03 bits per heavy atom. The molecule has 0 aromatic heterocycles. The summed E-state index contributed by atoms with van der Waals surface area (Å²) in [6, 6.07) is 12.9. The molecular formula is C29H27F3O6. The van der Waals surface area contributed by atoms with Crippen molar-refractivity contribution in [1.82, 2.24) is 0 Å². The fourth-order valence-corrected chi connectivity index (χ4v) is 6.00. The molecule has 1 fully saturated rings. The number of benzene rings is 2. The lowest BCUT2D eigenvalue weighted by molar-refractivity contribution is -0.181. The number of alkyl halides is 3. The summed E-state index contributed by atoms with van der Waals surface area (Å²) < 4.78 is 50.2. The molecule has 0 spiro atoms. The van der Waals surface area contributed by atoms with Crippen LogP contribution in [0.5, 0.6) is 0 Å². The standard InChI is InChI=1S/C29H27F3O6/c1-3-37-26(35)28(27(36)38-4-2)24(18-8-6-5-7-9-18)19(16-33)14-22-21(15-23(34)25(22)28)17-10-12-20(13-11-17)29(30,31)32/h5-14,16,21-22,24-25H,3-4,15H2,1-2H3/t21-,22-,24-,25+/m1/s1. The molecule has 6 nitrogen and oxygen atoms in total. The highest BCUT2D eigenvalue weighted by Crippen LogP contribution is 2.61. The maximum Gasteiger partial charge on any atom is 0.416 e. The van der Waals surface area contributed by atoms with Crippen LogP contribution < -0.4 is 0 Å². The van der Waals surface area contributed by atoms with Crippen molar-refractivity contribution in [3.05, 3.63) is 82.9 Å². The molecule has 9 heteroatoms. The average molecular weight is 529 g/mol. The molecule has 2 aliphatic carbocycles. The third-order valence-corrected chi connectivity index (χ3v) is 7.44. The van der Waals surface area contributed by atoms with Gasteiger partial charge in [-0.1, -0.05) is 48.5 Å². The van der Waals surface area contributed by atoms with Gasteiger partial charge >= 0.3 is 18.1 Å². The number of rotatable bonds is 7. The smallest absolute Gasteiger partial charge is 0.416 e. The zero-order valence-corrected chi connectivity index (χ0v) is 20.9. The summed E-state index contributed by atoms with van der Waals surface area (Å²) in [4.78, 5) is 53.8. The molecule has 2 aromatic carbocycles. The van der Waals surface area contributed by atoms with Crippen molar-refractivity contribution < 1.29 is 41.8 Å². The SMILES string of the molecule is CCOC(=O)C1(C(=O)OCC)[C@@H]2C(=O)C[C@H](c3ccc(C(F)(F)F)cc3)[C@H]2C=C(C=O)[C@H]1c1ccccc1. The van der Waals surface area contributed by atoms with Gasteiger partial charge in [-0.25, -0.2) is 0 Å². The van der Waals surface area contributed by atoms with Crippen LogP contribution in [-0.2, 0) is 34.8 Å². The fraction of sp³-hybridized carbons (Fsp3) is 0.379. The van der Waals surface area contributed by atoms with E-state index in [-0.39, 0.29) is 25.2 Å². The number of aldehydes is 1. The number of carbonyl (C=O) groups is 4. The van der Waals surface area contributed by atoms with Crippen molar-refractivity contribution in [2.45, 2.75) is 38.3 Å². The monoisotopic (exact) mass is 528 g/mol. The van der Waals surface area contributed by atoms with Crippen molar-refractivity contribution in [2.24, 2.45) is 17.3 Å². The van der Waals surface area contributed by atoms with Gasteiger partial charge in [0, 0.05) is 12.3 Å². The average Bonchev–Trinajstić information content (AvgIpc) is 3.24. The highest BCUT2D eigenvalue weighted by Gasteiger charge is 2.69. The number of ether oxygens (including phenoxy) is 2. The predicted octanol–water partition coefficient (Wildman–Crippen LogP) is 5.03. The number of halogens is 3. The molecule has 1 saturated carbocycles. The van der Waals surface area contributed by atoms with Crippen molar-refractivity contribution in [3.8, 4) is 0 Å². The number of hydrogen-bond acceptors (Lipinski definition) is 6. The number of esters is 2. The molecular weight excluding hydrogens is 501 g/mol. The Kier molecular flexibility index (Phi) is 7.58. The Bertz CT molecular complexity index is 1230. The maximum atomic E-state index is 13.8. The lowest BCUT2D eigenvalue weighted by Crippen LogP contribution is -2.57. The van der Waals surface area contributed by atoms with Crippen LogP contribution >= 0.6 is 0 Å². The Balaban J connectivity index is 1.96. The minimum atomic E-state index is -4.53. The summed E-state index contributed by atoms with van der Waals surface area (Å²) in [5.74, 6) is -6.27. The minimum absolute atomic E-state index is 0.0878. The van der Waals surface area contributed by atoms with E-state index in [9.17, 15) is 32.3 Å². The van der Waals surface area contributed by atoms with Gasteiger partial charge in [-0.2, -0.15) is 13.2 Å². The van der Waals surface area contributed by atoms with Crippen molar-refractivity contribution >= 4 is 24.0 Å². The Morgan fingerprint density at radius 1 is 0.947 bits per heavy atom. The number of ketones is 1. The van der Waals surface area contributed by atoms with Crippen LogP contribution in [0, 0.1) is 17.3 Å². The molecule has 38 heavy (non-hydrogen) atoms. The summed E-state index contributed by atoms with van der Waals surface area (Å²) in [6.07, 6.45) is -2.54. The normalized spacial score (nSPS) is 24.2. The van der Waals surface area contributed by atoms with Gasteiger partial charge < -0.3 is 9.47 Å². The summed E-state index contributed by atoms with van der Waals surface area (Å²) in [7, 11) is 0. The predicted molar refractivity (Wildman–Crippen MR) is 130 cm³/mol. The zero-order chi connectivity index (χ0) is 27.7. The van der Waals surface area contributed by atoms with Gasteiger partial charge in [-0.15, -0.1) is 0 Å². The molecule has 0 radical (unpaired) electrons. The molecule has 2 aliphatic rings. The molecule has 0 amide bonds. The summed E-state index contributed by atoms with van der Waals surface area (Å²) in [5, 5.41) is 0. The third-order valence-electron chi connectivity index (χ3n) is 7.44. The third kappa shape index (κ3) is 4.44. The molecule has 4 atom stereocenters. The lowest BCUT2D eigenvalue weighted by Gasteiger charge is -2.45. The number of carbonyl (C=O) groups excluding carboxylic acids is 4. The highest BCUT2D eigenvalue weighted by atomic mass is 19.4. The zero-order valence-electron chi connectivity index (χ0n) is 20.9. The van der Waals surface area contributed by atoms with Gasteiger partial charge in [0.05, 0.1) is 24.7 Å². The molecule has 0 unspecified atom stereocenters. The molecule has 0 N–H and O–H groups in total. The van der Waals surface area contributed by atoms with Gasteiger partial charge in [0.2, 0.25) is 0 Å².